The number of benzene rings is 1. The van der Waals surface area contributed by atoms with Crippen molar-refractivity contribution in [3.63, 3.8) is 0 Å². The van der Waals surface area contributed by atoms with E-state index in [0.29, 0.717) is 5.56 Å². The first-order valence-corrected chi connectivity index (χ1v) is 6.07. The summed E-state index contributed by atoms with van der Waals surface area (Å²) < 4.78 is 23.7. The van der Waals surface area contributed by atoms with Crippen LogP contribution in [0, 0.1) is 5.92 Å². The van der Waals surface area contributed by atoms with Gasteiger partial charge < -0.3 is 14.6 Å². The number of halogens is 1. The van der Waals surface area contributed by atoms with Crippen LogP contribution in [-0.2, 0) is 14.3 Å². The van der Waals surface area contributed by atoms with Crippen molar-refractivity contribution in [2.75, 3.05) is 6.61 Å². The molecule has 1 fully saturated rings. The van der Waals surface area contributed by atoms with Gasteiger partial charge in [0.15, 0.2) is 6.29 Å². The van der Waals surface area contributed by atoms with Crippen LogP contribution in [0.15, 0.2) is 47.5 Å². The third-order valence-electron chi connectivity index (χ3n) is 3.02. The zero-order valence-corrected chi connectivity index (χ0v) is 10.8. The van der Waals surface area contributed by atoms with Gasteiger partial charge in [-0.2, -0.15) is 0 Å². The summed E-state index contributed by atoms with van der Waals surface area (Å²) >= 11 is 0. The fourth-order valence-corrected chi connectivity index (χ4v) is 2.00. The number of nitrogens with zero attached hydrogens (tertiary/aromatic N) is 3. The van der Waals surface area contributed by atoms with Gasteiger partial charge in [0.25, 0.3) is 0 Å². The maximum atomic E-state index is 12.9. The number of azide groups is 1. The first-order chi connectivity index (χ1) is 10.2. The fourth-order valence-electron chi connectivity index (χ4n) is 2.00. The van der Waals surface area contributed by atoms with Gasteiger partial charge in [-0.05, 0) is 5.53 Å². The second-order valence-corrected chi connectivity index (χ2v) is 4.30. The van der Waals surface area contributed by atoms with Crippen molar-refractivity contribution in [1.82, 2.24) is 0 Å². The van der Waals surface area contributed by atoms with Crippen LogP contribution in [0.2, 0.25) is 0 Å². The zero-order chi connectivity index (χ0) is 15.2. The highest BCUT2D eigenvalue weighted by Gasteiger charge is 2.39. The monoisotopic (exact) mass is 293 g/mol. The smallest absolute Gasteiger partial charge is 0.311 e. The van der Waals surface area contributed by atoms with E-state index in [4.69, 9.17) is 20.1 Å². The molecule has 1 N–H and O–H groups in total. The second-order valence-electron chi connectivity index (χ2n) is 4.30. The topological polar surface area (TPSA) is 105 Å². The zero-order valence-electron chi connectivity index (χ0n) is 10.8. The van der Waals surface area contributed by atoms with Gasteiger partial charge in [0.2, 0.25) is 0 Å². The van der Waals surface area contributed by atoms with Crippen LogP contribution >= 0.6 is 0 Å². The first-order valence-electron chi connectivity index (χ1n) is 6.07. The van der Waals surface area contributed by atoms with Crippen LogP contribution in [0.4, 0.5) is 4.39 Å². The maximum absolute atomic E-state index is 12.9. The lowest BCUT2D eigenvalue weighted by molar-refractivity contribution is -0.234. The van der Waals surface area contributed by atoms with E-state index in [1.165, 1.54) is 0 Å². The number of carbonyl (C=O) groups is 1. The number of hydrogen-bond acceptors (Lipinski definition) is 4. The predicted molar refractivity (Wildman–Crippen MR) is 69.5 cm³/mol. The quantitative estimate of drug-likeness (QED) is 0.523. The third-order valence-corrected chi connectivity index (χ3v) is 3.02. The first kappa shape index (κ1) is 15.0. The van der Waals surface area contributed by atoms with Gasteiger partial charge in [-0.1, -0.05) is 35.4 Å². The van der Waals surface area contributed by atoms with E-state index >= 15 is 0 Å². The summed E-state index contributed by atoms with van der Waals surface area (Å²) in [7, 11) is 0. The van der Waals surface area contributed by atoms with Crippen molar-refractivity contribution >= 4 is 5.97 Å². The highest BCUT2D eigenvalue weighted by Crippen LogP contribution is 2.33. The molecule has 2 rings (SSSR count). The van der Waals surface area contributed by atoms with Gasteiger partial charge in [-0.15, -0.1) is 0 Å². The maximum Gasteiger partial charge on any atom is 0.311 e. The molecule has 0 unspecified atom stereocenters. The molecule has 0 aromatic heterocycles. The van der Waals surface area contributed by atoms with Crippen molar-refractivity contribution in [2.24, 2.45) is 11.0 Å². The lowest BCUT2D eigenvalue weighted by Crippen LogP contribution is -2.41. The Bertz CT molecular complexity index is 586. The summed E-state index contributed by atoms with van der Waals surface area (Å²) in [5.41, 5.74) is 8.66. The molecule has 0 amide bonds. The molecule has 0 spiro atoms. The van der Waals surface area contributed by atoms with Gasteiger partial charge in [0, 0.05) is 10.5 Å². The molecule has 1 saturated heterocycles. The molecule has 7 nitrogen and oxygen atoms in total. The molecule has 1 aromatic rings. The lowest BCUT2D eigenvalue weighted by atomic mass is 9.99. The summed E-state index contributed by atoms with van der Waals surface area (Å²) in [5.74, 6) is -2.38. The van der Waals surface area contributed by atoms with Crippen LogP contribution in [-0.4, -0.2) is 23.8 Å². The Hall–Kier alpha value is -2.41. The van der Waals surface area contributed by atoms with Crippen molar-refractivity contribution < 1.29 is 23.8 Å². The number of aliphatic carboxylic acids is 1. The molecular formula is C13H12FN3O4. The lowest BCUT2D eigenvalue weighted by Gasteiger charge is -2.34. The van der Waals surface area contributed by atoms with E-state index in [1.54, 1.807) is 30.3 Å². The largest absolute Gasteiger partial charge is 0.481 e. The van der Waals surface area contributed by atoms with Gasteiger partial charge in [-0.3, -0.25) is 4.79 Å². The Kier molecular flexibility index (Phi) is 4.89. The van der Waals surface area contributed by atoms with Crippen LogP contribution in [0.25, 0.3) is 10.4 Å². The Balaban J connectivity index is 2.27. The van der Waals surface area contributed by atoms with Crippen molar-refractivity contribution in [3.05, 3.63) is 58.4 Å². The molecule has 110 valence electrons. The number of hydrogen-bond donors (Lipinski definition) is 1. The molecule has 3 atom stereocenters. The van der Waals surface area contributed by atoms with Crippen molar-refractivity contribution in [2.45, 2.75) is 12.4 Å². The summed E-state index contributed by atoms with van der Waals surface area (Å²) in [6.45, 7) is -0.183. The standard InChI is InChI=1S/C13H12FN3O4/c14-6-10(16-17-15)11-9(12(18)19)7-20-13(21-11)8-4-2-1-3-5-8/h1-6,9,11,13H,7H2,(H,18,19)/b10-6-/t9-,11-,13-/m1/s1. The minimum Gasteiger partial charge on any atom is -0.481 e. The molecule has 1 heterocycles. The average molecular weight is 293 g/mol. The van der Waals surface area contributed by atoms with Crippen molar-refractivity contribution in [1.29, 1.82) is 0 Å². The van der Waals surface area contributed by atoms with E-state index in [-0.39, 0.29) is 12.9 Å². The molecule has 8 heteroatoms. The molecule has 0 aliphatic carbocycles. The summed E-state index contributed by atoms with van der Waals surface area (Å²) in [4.78, 5) is 13.7. The van der Waals surface area contributed by atoms with E-state index in [1.807, 2.05) is 0 Å². The Morgan fingerprint density at radius 3 is 2.76 bits per heavy atom. The number of carboxylic acids is 1. The molecular weight excluding hydrogens is 281 g/mol. The third kappa shape index (κ3) is 3.38. The molecule has 1 aliphatic rings. The van der Waals surface area contributed by atoms with Crippen LogP contribution in [0.3, 0.4) is 0 Å². The Morgan fingerprint density at radius 2 is 2.19 bits per heavy atom. The Morgan fingerprint density at radius 1 is 1.48 bits per heavy atom. The highest BCUT2D eigenvalue weighted by molar-refractivity contribution is 5.71. The average Bonchev–Trinajstić information content (AvgIpc) is 2.52. The molecule has 21 heavy (non-hydrogen) atoms. The Labute approximate surface area is 119 Å². The summed E-state index contributed by atoms with van der Waals surface area (Å²) in [6.07, 6.45) is -2.02. The highest BCUT2D eigenvalue weighted by atomic mass is 19.1. The molecule has 0 bridgehead atoms. The number of ether oxygens (including phenoxy) is 2. The van der Waals surface area contributed by atoms with Crippen LogP contribution in [0.1, 0.15) is 11.9 Å². The summed E-state index contributed by atoms with van der Waals surface area (Å²) in [5, 5.41) is 12.3. The molecule has 1 aliphatic heterocycles. The number of rotatable bonds is 4. The van der Waals surface area contributed by atoms with E-state index < -0.39 is 30.0 Å². The van der Waals surface area contributed by atoms with E-state index in [0.717, 1.165) is 0 Å². The number of carboxylic acid groups (broad SMARTS) is 1. The minimum absolute atomic E-state index is 0.0493. The van der Waals surface area contributed by atoms with Crippen LogP contribution in [0.5, 0.6) is 0 Å². The van der Waals surface area contributed by atoms with E-state index in [2.05, 4.69) is 10.0 Å². The normalized spacial score (nSPS) is 26.0. The van der Waals surface area contributed by atoms with Gasteiger partial charge in [0.05, 0.1) is 18.6 Å². The van der Waals surface area contributed by atoms with Crippen molar-refractivity contribution in [3.8, 4) is 0 Å². The minimum atomic E-state index is -1.22. The molecule has 1 aromatic carbocycles. The second kappa shape index (κ2) is 6.85. The van der Waals surface area contributed by atoms with E-state index in [9.17, 15) is 9.18 Å². The van der Waals surface area contributed by atoms with Gasteiger partial charge >= 0.3 is 5.97 Å². The predicted octanol–water partition coefficient (Wildman–Crippen LogP) is 2.92. The summed E-state index contributed by atoms with van der Waals surface area (Å²) in [6, 6.07) is 8.79. The fraction of sp³-hybridized carbons (Fsp3) is 0.308. The van der Waals surface area contributed by atoms with Crippen LogP contribution < -0.4 is 0 Å². The van der Waals surface area contributed by atoms with Gasteiger partial charge in [-0.25, -0.2) is 4.39 Å². The molecule has 0 saturated carbocycles. The van der Waals surface area contributed by atoms with Gasteiger partial charge in [0.1, 0.15) is 12.0 Å². The SMILES string of the molecule is [N-]=[N+]=N/C(=C\F)[C@@H]1O[C@H](c2ccccc2)OC[C@H]1C(=O)O. The molecule has 0 radical (unpaired) electrons.